The summed E-state index contributed by atoms with van der Waals surface area (Å²) in [6.45, 7) is 0.283. The Kier molecular flexibility index (Phi) is 3.15. The van der Waals surface area contributed by atoms with Crippen LogP contribution < -0.4 is 9.47 Å². The van der Waals surface area contributed by atoms with Gasteiger partial charge in [0, 0.05) is 35.0 Å². The molecule has 0 fully saturated rings. The molecule has 0 saturated carbocycles. The first kappa shape index (κ1) is 14.6. The van der Waals surface area contributed by atoms with Crippen LogP contribution in [0.25, 0.3) is 28.3 Å². The van der Waals surface area contributed by atoms with Crippen LogP contribution in [0.5, 0.6) is 11.5 Å². The number of hydrogen-bond donors (Lipinski definition) is 0. The maximum absolute atomic E-state index is 5.49. The molecule has 1 aliphatic heterocycles. The molecule has 4 aromatic rings. The smallest absolute Gasteiger partial charge is 0.231 e. The van der Waals surface area contributed by atoms with Crippen molar-refractivity contribution in [2.75, 3.05) is 6.79 Å². The van der Waals surface area contributed by atoms with E-state index in [0.717, 1.165) is 44.3 Å². The molecule has 2 aromatic heterocycles. The molecule has 0 amide bonds. The Morgan fingerprint density at radius 2 is 1.88 bits per heavy atom. The van der Waals surface area contributed by atoms with E-state index >= 15 is 0 Å². The summed E-state index contributed by atoms with van der Waals surface area (Å²) in [5, 5.41) is 0. The average Bonchev–Trinajstić information content (AvgIpc) is 3.30. The normalized spacial score (nSPS) is 12.9. The van der Waals surface area contributed by atoms with Gasteiger partial charge < -0.3 is 14.0 Å². The van der Waals surface area contributed by atoms with Crippen LogP contribution in [-0.2, 0) is 7.05 Å². The first-order chi connectivity index (χ1) is 12.2. The Morgan fingerprint density at radius 1 is 1.00 bits per heavy atom. The van der Waals surface area contributed by atoms with Crippen molar-refractivity contribution in [1.29, 1.82) is 0 Å². The minimum absolute atomic E-state index is 0.283. The second kappa shape index (κ2) is 5.39. The van der Waals surface area contributed by atoms with Crippen molar-refractivity contribution in [2.45, 2.75) is 0 Å². The van der Waals surface area contributed by atoms with Gasteiger partial charge in [0.05, 0.1) is 11.4 Å². The van der Waals surface area contributed by atoms with Crippen molar-refractivity contribution in [3.8, 4) is 34.0 Å². The quantitative estimate of drug-likeness (QED) is 0.501. The van der Waals surface area contributed by atoms with Crippen LogP contribution in [0.3, 0.4) is 0 Å². The van der Waals surface area contributed by atoms with Crippen LogP contribution in [0.15, 0.2) is 59.3 Å². The highest BCUT2D eigenvalue weighted by atomic mass is 79.9. The molecular weight excluding hydrogens is 382 g/mol. The molecule has 5 nitrogen and oxygen atoms in total. The van der Waals surface area contributed by atoms with E-state index < -0.39 is 0 Å². The number of aromatic nitrogens is 3. The number of hydrogen-bond acceptors (Lipinski definition) is 3. The summed E-state index contributed by atoms with van der Waals surface area (Å²) in [5.74, 6) is 2.47. The fraction of sp³-hybridized carbons (Fsp3) is 0.105. The van der Waals surface area contributed by atoms with E-state index in [4.69, 9.17) is 14.5 Å². The summed E-state index contributed by atoms with van der Waals surface area (Å²) in [6.07, 6.45) is 4.13. The van der Waals surface area contributed by atoms with Gasteiger partial charge in [0.25, 0.3) is 0 Å². The van der Waals surface area contributed by atoms with Gasteiger partial charge >= 0.3 is 0 Å². The number of benzene rings is 2. The Morgan fingerprint density at radius 3 is 2.72 bits per heavy atom. The second-order valence-electron chi connectivity index (χ2n) is 5.99. The Labute approximate surface area is 152 Å². The van der Waals surface area contributed by atoms with Crippen LogP contribution in [0.4, 0.5) is 0 Å². The molecule has 0 saturated heterocycles. The van der Waals surface area contributed by atoms with Gasteiger partial charge in [-0.15, -0.1) is 0 Å². The Bertz CT molecular complexity index is 1110. The maximum Gasteiger partial charge on any atom is 0.231 e. The molecule has 6 heteroatoms. The molecule has 1 aliphatic rings. The number of nitrogens with zero attached hydrogens (tertiary/aromatic N) is 3. The molecule has 0 bridgehead atoms. The van der Waals surface area contributed by atoms with E-state index in [2.05, 4.69) is 43.2 Å². The predicted molar refractivity (Wildman–Crippen MR) is 98.9 cm³/mol. The third-order valence-electron chi connectivity index (χ3n) is 4.42. The lowest BCUT2D eigenvalue weighted by Crippen LogP contribution is -1.93. The summed E-state index contributed by atoms with van der Waals surface area (Å²) in [4.78, 5) is 4.79. The molecule has 124 valence electrons. The van der Waals surface area contributed by atoms with E-state index in [1.807, 2.05) is 43.6 Å². The summed E-state index contributed by atoms with van der Waals surface area (Å²) >= 11 is 3.51. The van der Waals surface area contributed by atoms with Crippen molar-refractivity contribution in [1.82, 2.24) is 14.0 Å². The zero-order valence-electron chi connectivity index (χ0n) is 13.4. The monoisotopic (exact) mass is 395 g/mol. The lowest BCUT2D eigenvalue weighted by molar-refractivity contribution is 0.174. The SMILES string of the molecule is Cn1c(-c2ccc3c(c2)OCO3)cn2cc(-c3cccc(Br)c3)nc12. The minimum Gasteiger partial charge on any atom is -0.454 e. The first-order valence-electron chi connectivity index (χ1n) is 7.89. The van der Waals surface area contributed by atoms with Crippen molar-refractivity contribution in [3.63, 3.8) is 0 Å². The van der Waals surface area contributed by atoms with Crippen LogP contribution in [0, 0.1) is 0 Å². The summed E-state index contributed by atoms with van der Waals surface area (Å²) in [5.41, 5.74) is 4.18. The lowest BCUT2D eigenvalue weighted by Gasteiger charge is -2.04. The largest absolute Gasteiger partial charge is 0.454 e. The summed E-state index contributed by atoms with van der Waals surface area (Å²) < 4.78 is 16.1. The molecule has 0 unspecified atom stereocenters. The van der Waals surface area contributed by atoms with Gasteiger partial charge in [0.15, 0.2) is 11.5 Å². The lowest BCUT2D eigenvalue weighted by atomic mass is 10.1. The fourth-order valence-corrected chi connectivity index (χ4v) is 3.56. The second-order valence-corrected chi connectivity index (χ2v) is 6.90. The van der Waals surface area contributed by atoms with Crippen LogP contribution >= 0.6 is 15.9 Å². The third-order valence-corrected chi connectivity index (χ3v) is 4.92. The van der Waals surface area contributed by atoms with Gasteiger partial charge in [0.1, 0.15) is 0 Å². The van der Waals surface area contributed by atoms with Gasteiger partial charge in [-0.3, -0.25) is 4.40 Å². The topological polar surface area (TPSA) is 40.7 Å². The van der Waals surface area contributed by atoms with Crippen LogP contribution in [0.1, 0.15) is 0 Å². The summed E-state index contributed by atoms with van der Waals surface area (Å²) in [6, 6.07) is 14.1. The number of fused-ring (bicyclic) bond motifs is 2. The average molecular weight is 396 g/mol. The number of imidazole rings is 2. The van der Waals surface area contributed by atoms with Crippen LogP contribution in [-0.4, -0.2) is 20.7 Å². The maximum atomic E-state index is 5.49. The molecule has 5 rings (SSSR count). The highest BCUT2D eigenvalue weighted by Gasteiger charge is 2.17. The van der Waals surface area contributed by atoms with E-state index in [1.54, 1.807) is 0 Å². The number of ether oxygens (including phenoxy) is 2. The molecule has 2 aromatic carbocycles. The Balaban J connectivity index is 1.60. The zero-order valence-corrected chi connectivity index (χ0v) is 15.0. The molecule has 0 aliphatic carbocycles. The van der Waals surface area contributed by atoms with Crippen molar-refractivity contribution < 1.29 is 9.47 Å². The van der Waals surface area contributed by atoms with Crippen molar-refractivity contribution in [3.05, 3.63) is 59.3 Å². The molecule has 3 heterocycles. The van der Waals surface area contributed by atoms with E-state index in [0.29, 0.717) is 0 Å². The predicted octanol–water partition coefficient (Wildman–Crippen LogP) is 4.50. The van der Waals surface area contributed by atoms with E-state index in [1.165, 1.54) is 0 Å². The number of aryl methyl sites for hydroxylation is 1. The Hall–Kier alpha value is -2.73. The zero-order chi connectivity index (χ0) is 17.0. The third kappa shape index (κ3) is 2.33. The van der Waals surface area contributed by atoms with Gasteiger partial charge in [-0.2, -0.15) is 0 Å². The van der Waals surface area contributed by atoms with Gasteiger partial charge in [-0.05, 0) is 30.3 Å². The van der Waals surface area contributed by atoms with Crippen LogP contribution in [0.2, 0.25) is 0 Å². The minimum atomic E-state index is 0.283. The number of rotatable bonds is 2. The highest BCUT2D eigenvalue weighted by Crippen LogP contribution is 2.36. The molecule has 0 radical (unpaired) electrons. The molecule has 0 N–H and O–H groups in total. The van der Waals surface area contributed by atoms with Crippen molar-refractivity contribution in [2.24, 2.45) is 7.05 Å². The first-order valence-corrected chi connectivity index (χ1v) is 8.69. The van der Waals surface area contributed by atoms with Crippen molar-refractivity contribution >= 4 is 21.7 Å². The molecule has 25 heavy (non-hydrogen) atoms. The highest BCUT2D eigenvalue weighted by molar-refractivity contribution is 9.10. The summed E-state index contributed by atoms with van der Waals surface area (Å²) in [7, 11) is 2.02. The molecule has 0 atom stereocenters. The van der Waals surface area contributed by atoms with Gasteiger partial charge in [-0.1, -0.05) is 28.1 Å². The molecule has 0 spiro atoms. The van der Waals surface area contributed by atoms with E-state index in [9.17, 15) is 0 Å². The van der Waals surface area contributed by atoms with Gasteiger partial charge in [0.2, 0.25) is 12.6 Å². The van der Waals surface area contributed by atoms with Gasteiger partial charge in [-0.25, -0.2) is 4.98 Å². The fourth-order valence-electron chi connectivity index (χ4n) is 3.16. The number of halogens is 1. The standard InChI is InChI=1S/C19H14BrN3O2/c1-22-16(13-5-6-17-18(8-13)25-11-24-17)10-23-9-15(21-19(22)23)12-3-2-4-14(20)7-12/h2-10H,11H2,1H3. The molecular formula is C19H14BrN3O2. The van der Waals surface area contributed by atoms with E-state index in [-0.39, 0.29) is 6.79 Å².